The molecule has 2 heterocycles. The van der Waals surface area contributed by atoms with Crippen molar-refractivity contribution in [2.75, 3.05) is 5.73 Å². The molecule has 3 rings (SSSR count). The summed E-state index contributed by atoms with van der Waals surface area (Å²) in [5, 5.41) is 0. The van der Waals surface area contributed by atoms with Crippen LogP contribution in [0.2, 0.25) is 0 Å². The third-order valence-electron chi connectivity index (χ3n) is 3.68. The van der Waals surface area contributed by atoms with Gasteiger partial charge in [0.15, 0.2) is 5.82 Å². The molecule has 19 heavy (non-hydrogen) atoms. The Bertz CT molecular complexity index is 571. The molecule has 2 aromatic heterocycles. The summed E-state index contributed by atoms with van der Waals surface area (Å²) in [5.41, 5.74) is 8.90. The van der Waals surface area contributed by atoms with Crippen molar-refractivity contribution in [2.45, 2.75) is 38.5 Å². The lowest BCUT2D eigenvalue weighted by Gasteiger charge is -2.10. The molecule has 0 aromatic carbocycles. The molecule has 1 saturated carbocycles. The van der Waals surface area contributed by atoms with Crippen LogP contribution in [-0.2, 0) is 0 Å². The average Bonchev–Trinajstić information content (AvgIpc) is 2.93. The van der Waals surface area contributed by atoms with Crippen LogP contribution in [0.4, 0.5) is 5.82 Å². The van der Waals surface area contributed by atoms with E-state index < -0.39 is 0 Å². The summed E-state index contributed by atoms with van der Waals surface area (Å²) in [6, 6.07) is 5.88. The summed E-state index contributed by atoms with van der Waals surface area (Å²) < 4.78 is 0. The first-order valence-corrected chi connectivity index (χ1v) is 6.80. The number of nitrogens with two attached hydrogens (primary N) is 1. The number of anilines is 1. The van der Waals surface area contributed by atoms with E-state index in [4.69, 9.17) is 5.73 Å². The highest BCUT2D eigenvalue weighted by Gasteiger charge is 2.20. The first-order valence-electron chi connectivity index (χ1n) is 6.80. The van der Waals surface area contributed by atoms with Gasteiger partial charge in [0.25, 0.3) is 0 Å². The Kier molecular flexibility index (Phi) is 3.15. The quantitative estimate of drug-likeness (QED) is 0.894. The molecule has 0 bridgehead atoms. The highest BCUT2D eigenvalue weighted by Crippen LogP contribution is 2.34. The highest BCUT2D eigenvalue weighted by molar-refractivity contribution is 5.52. The zero-order chi connectivity index (χ0) is 13.2. The summed E-state index contributed by atoms with van der Waals surface area (Å²) in [4.78, 5) is 13.3. The Balaban J connectivity index is 1.99. The number of aromatic nitrogens is 3. The predicted octanol–water partition coefficient (Wildman–Crippen LogP) is 3.09. The normalized spacial score (nSPS) is 15.8. The number of nitrogens with zero attached hydrogens (tertiary/aromatic N) is 3. The lowest BCUT2D eigenvalue weighted by molar-refractivity contribution is 0.696. The summed E-state index contributed by atoms with van der Waals surface area (Å²) >= 11 is 0. The second kappa shape index (κ2) is 4.96. The van der Waals surface area contributed by atoms with Crippen LogP contribution >= 0.6 is 0 Å². The molecule has 0 radical (unpaired) electrons. The van der Waals surface area contributed by atoms with Crippen molar-refractivity contribution in [3.05, 3.63) is 35.7 Å². The average molecular weight is 254 g/mol. The van der Waals surface area contributed by atoms with Crippen LogP contribution in [0.3, 0.4) is 0 Å². The predicted molar refractivity (Wildman–Crippen MR) is 75.6 cm³/mol. The van der Waals surface area contributed by atoms with Gasteiger partial charge in [0.05, 0.1) is 0 Å². The first kappa shape index (κ1) is 12.1. The van der Waals surface area contributed by atoms with E-state index in [2.05, 4.69) is 15.0 Å². The van der Waals surface area contributed by atoms with Crippen LogP contribution < -0.4 is 5.73 Å². The van der Waals surface area contributed by atoms with Gasteiger partial charge in [0.2, 0.25) is 0 Å². The second-order valence-corrected chi connectivity index (χ2v) is 5.24. The van der Waals surface area contributed by atoms with Gasteiger partial charge in [-0.1, -0.05) is 18.9 Å². The molecular weight excluding hydrogens is 236 g/mol. The fourth-order valence-corrected chi connectivity index (χ4v) is 2.63. The van der Waals surface area contributed by atoms with Crippen LogP contribution in [0, 0.1) is 6.92 Å². The molecule has 0 amide bonds. The van der Waals surface area contributed by atoms with E-state index in [1.807, 2.05) is 31.3 Å². The molecule has 0 atom stereocenters. The van der Waals surface area contributed by atoms with Crippen molar-refractivity contribution in [2.24, 2.45) is 0 Å². The third kappa shape index (κ3) is 2.57. The maximum absolute atomic E-state index is 5.92. The van der Waals surface area contributed by atoms with E-state index in [0.29, 0.717) is 17.6 Å². The minimum absolute atomic E-state index is 0.536. The molecular formula is C15H18N4. The zero-order valence-electron chi connectivity index (χ0n) is 11.1. The number of pyridine rings is 1. The lowest BCUT2D eigenvalue weighted by atomic mass is 10.0. The van der Waals surface area contributed by atoms with Crippen molar-refractivity contribution in [1.29, 1.82) is 0 Å². The molecule has 0 aliphatic heterocycles. The lowest BCUT2D eigenvalue weighted by Crippen LogP contribution is -2.04. The van der Waals surface area contributed by atoms with Crippen molar-refractivity contribution >= 4 is 5.82 Å². The minimum atomic E-state index is 0.536. The van der Waals surface area contributed by atoms with E-state index in [-0.39, 0.29) is 0 Å². The summed E-state index contributed by atoms with van der Waals surface area (Å²) in [6.45, 7) is 2.01. The number of aryl methyl sites for hydroxylation is 1. The number of hydrogen-bond acceptors (Lipinski definition) is 4. The Hall–Kier alpha value is -1.97. The van der Waals surface area contributed by atoms with Gasteiger partial charge >= 0.3 is 0 Å². The number of rotatable bonds is 2. The molecule has 98 valence electrons. The largest absolute Gasteiger partial charge is 0.384 e. The van der Waals surface area contributed by atoms with Crippen molar-refractivity contribution in [3.63, 3.8) is 0 Å². The van der Waals surface area contributed by atoms with Gasteiger partial charge in [0.1, 0.15) is 11.5 Å². The van der Waals surface area contributed by atoms with Crippen LogP contribution in [0.15, 0.2) is 24.4 Å². The van der Waals surface area contributed by atoms with E-state index in [9.17, 15) is 0 Å². The summed E-state index contributed by atoms with van der Waals surface area (Å²) in [7, 11) is 0. The molecule has 4 nitrogen and oxygen atoms in total. The van der Waals surface area contributed by atoms with Crippen LogP contribution in [-0.4, -0.2) is 15.0 Å². The molecule has 2 N–H and O–H groups in total. The number of nitrogen functional groups attached to an aromatic ring is 1. The molecule has 1 aliphatic rings. The molecule has 0 unspecified atom stereocenters. The van der Waals surface area contributed by atoms with Crippen LogP contribution in [0.25, 0.3) is 11.5 Å². The van der Waals surface area contributed by atoms with Gasteiger partial charge < -0.3 is 5.73 Å². The molecule has 4 heteroatoms. The van der Waals surface area contributed by atoms with Crippen LogP contribution in [0.5, 0.6) is 0 Å². The first-order chi connectivity index (χ1) is 9.22. The fourth-order valence-electron chi connectivity index (χ4n) is 2.63. The van der Waals surface area contributed by atoms with Crippen LogP contribution in [0.1, 0.15) is 42.9 Å². The standard InChI is InChI=1S/C15H18N4/c1-10-6-7-12(17-9-10)15-18-13(8-14(16)19-15)11-4-2-3-5-11/h6-9,11H,2-5H2,1H3,(H2,16,18,19). The smallest absolute Gasteiger partial charge is 0.180 e. The van der Waals surface area contributed by atoms with Gasteiger partial charge in [-0.05, 0) is 31.4 Å². The summed E-state index contributed by atoms with van der Waals surface area (Å²) in [6.07, 6.45) is 6.81. The van der Waals surface area contributed by atoms with E-state index in [1.54, 1.807) is 0 Å². The highest BCUT2D eigenvalue weighted by atomic mass is 15.0. The number of hydrogen-bond donors (Lipinski definition) is 1. The maximum atomic E-state index is 5.92. The van der Waals surface area contributed by atoms with Crippen molar-refractivity contribution in [1.82, 2.24) is 15.0 Å². The monoisotopic (exact) mass is 254 g/mol. The van der Waals surface area contributed by atoms with Gasteiger partial charge in [0, 0.05) is 23.9 Å². The Morgan fingerprint density at radius 1 is 1.16 bits per heavy atom. The molecule has 1 aliphatic carbocycles. The molecule has 1 fully saturated rings. The third-order valence-corrected chi connectivity index (χ3v) is 3.68. The molecule has 0 spiro atoms. The summed E-state index contributed by atoms with van der Waals surface area (Å²) in [5.74, 6) is 1.71. The zero-order valence-corrected chi connectivity index (χ0v) is 11.1. The molecule has 0 saturated heterocycles. The Labute approximate surface area is 113 Å². The molecule has 2 aromatic rings. The topological polar surface area (TPSA) is 64.7 Å². The van der Waals surface area contributed by atoms with E-state index in [1.165, 1.54) is 25.7 Å². The van der Waals surface area contributed by atoms with E-state index >= 15 is 0 Å². The van der Waals surface area contributed by atoms with Crippen molar-refractivity contribution in [3.8, 4) is 11.5 Å². The minimum Gasteiger partial charge on any atom is -0.384 e. The SMILES string of the molecule is Cc1ccc(-c2nc(N)cc(C3CCCC3)n2)nc1. The van der Waals surface area contributed by atoms with Gasteiger partial charge in [-0.3, -0.25) is 4.98 Å². The van der Waals surface area contributed by atoms with E-state index in [0.717, 1.165) is 17.0 Å². The fraction of sp³-hybridized carbons (Fsp3) is 0.400. The second-order valence-electron chi connectivity index (χ2n) is 5.24. The van der Waals surface area contributed by atoms with Gasteiger partial charge in [-0.2, -0.15) is 0 Å². The Morgan fingerprint density at radius 3 is 2.63 bits per heavy atom. The van der Waals surface area contributed by atoms with Gasteiger partial charge in [-0.25, -0.2) is 9.97 Å². The van der Waals surface area contributed by atoms with Gasteiger partial charge in [-0.15, -0.1) is 0 Å². The Morgan fingerprint density at radius 2 is 1.95 bits per heavy atom. The maximum Gasteiger partial charge on any atom is 0.180 e. The van der Waals surface area contributed by atoms with Crippen molar-refractivity contribution < 1.29 is 0 Å².